The lowest BCUT2D eigenvalue weighted by atomic mass is 10.2. The van der Waals surface area contributed by atoms with Crippen LogP contribution >= 0.6 is 0 Å². The number of esters is 1. The van der Waals surface area contributed by atoms with Gasteiger partial charge in [0.05, 0.1) is 6.42 Å². The Balaban J connectivity index is 2.30. The fourth-order valence-electron chi connectivity index (χ4n) is 1.54. The summed E-state index contributed by atoms with van der Waals surface area (Å²) in [6.07, 6.45) is -0.317. The number of rotatable bonds is 6. The van der Waals surface area contributed by atoms with Gasteiger partial charge in [-0.15, -0.1) is 0 Å². The van der Waals surface area contributed by atoms with Crippen LogP contribution in [0.4, 0.5) is 4.79 Å². The number of ether oxygens (including phenoxy) is 2. The number of hydrogen-bond acceptors (Lipinski definition) is 6. The van der Waals surface area contributed by atoms with Gasteiger partial charge < -0.3 is 14.8 Å². The number of amides is 1. The van der Waals surface area contributed by atoms with Gasteiger partial charge in [-0.05, 0) is 27.7 Å². The molecule has 1 rings (SSSR count). The van der Waals surface area contributed by atoms with Crippen LogP contribution in [0.5, 0.6) is 0 Å². The number of H-pyrrole nitrogens is 1. The number of carbonyl (C=O) groups excluding carboxylic acids is 2. The number of aryl methyl sites for hydroxylation is 1. The van der Waals surface area contributed by atoms with Crippen molar-refractivity contribution < 1.29 is 19.1 Å². The quantitative estimate of drug-likeness (QED) is 0.777. The molecule has 2 N–H and O–H groups in total. The molecule has 0 fully saturated rings. The van der Waals surface area contributed by atoms with Crippen LogP contribution in [-0.4, -0.2) is 39.4 Å². The first kappa shape index (κ1) is 17.9. The lowest BCUT2D eigenvalue weighted by Gasteiger charge is -2.19. The topological polar surface area (TPSA) is 106 Å². The summed E-state index contributed by atoms with van der Waals surface area (Å²) >= 11 is 0. The monoisotopic (exact) mass is 312 g/mol. The molecule has 0 bridgehead atoms. The second-order valence-electron chi connectivity index (χ2n) is 5.80. The molecule has 8 nitrogen and oxygen atoms in total. The van der Waals surface area contributed by atoms with Gasteiger partial charge >= 0.3 is 12.1 Å². The molecule has 8 heteroatoms. The smallest absolute Gasteiger partial charge is 0.407 e. The first-order valence-electron chi connectivity index (χ1n) is 7.28. The molecule has 1 unspecified atom stereocenters. The maximum Gasteiger partial charge on any atom is 0.407 e. The van der Waals surface area contributed by atoms with Gasteiger partial charge in [0.1, 0.15) is 11.4 Å². The maximum absolute atomic E-state index is 11.7. The molecule has 0 saturated heterocycles. The largest absolute Gasteiger partial charge is 0.454 e. The normalized spacial score (nSPS) is 12.6. The van der Waals surface area contributed by atoms with Crippen LogP contribution in [0.3, 0.4) is 0 Å². The zero-order valence-electron chi connectivity index (χ0n) is 13.7. The van der Waals surface area contributed by atoms with Crippen LogP contribution in [0.1, 0.15) is 58.8 Å². The summed E-state index contributed by atoms with van der Waals surface area (Å²) in [5.41, 5.74) is -0.568. The number of alkyl carbamates (subject to hydrolysis) is 1. The van der Waals surface area contributed by atoms with Crippen LogP contribution in [0, 0.1) is 0 Å². The van der Waals surface area contributed by atoms with Crippen molar-refractivity contribution in [1.82, 2.24) is 20.5 Å². The number of carbonyl (C=O) groups is 2. The van der Waals surface area contributed by atoms with Crippen LogP contribution in [0.2, 0.25) is 0 Å². The third-order valence-electron chi connectivity index (χ3n) is 2.55. The Morgan fingerprint density at radius 2 is 2.05 bits per heavy atom. The van der Waals surface area contributed by atoms with Gasteiger partial charge in [-0.1, -0.05) is 6.92 Å². The minimum Gasteiger partial charge on any atom is -0.454 e. The predicted octanol–water partition coefficient (Wildman–Crippen LogP) is 1.89. The second kappa shape index (κ2) is 7.77. The van der Waals surface area contributed by atoms with Crippen LogP contribution in [0.25, 0.3) is 0 Å². The summed E-state index contributed by atoms with van der Waals surface area (Å²) in [5, 5.41) is 9.25. The molecule has 0 aliphatic rings. The van der Waals surface area contributed by atoms with E-state index >= 15 is 0 Å². The van der Waals surface area contributed by atoms with E-state index in [2.05, 4.69) is 20.5 Å². The van der Waals surface area contributed by atoms with Crippen molar-refractivity contribution in [3.05, 3.63) is 11.6 Å². The molecule has 0 aliphatic heterocycles. The molecule has 1 aromatic heterocycles. The van der Waals surface area contributed by atoms with Crippen LogP contribution in [0.15, 0.2) is 0 Å². The number of hydrogen-bond donors (Lipinski definition) is 2. The van der Waals surface area contributed by atoms with Crippen LogP contribution < -0.4 is 5.32 Å². The Morgan fingerprint density at radius 3 is 2.59 bits per heavy atom. The molecule has 1 amide bonds. The highest BCUT2D eigenvalue weighted by molar-refractivity contribution is 5.72. The molecule has 0 aromatic carbocycles. The van der Waals surface area contributed by atoms with E-state index in [0.29, 0.717) is 5.82 Å². The molecular formula is C14H24N4O4. The van der Waals surface area contributed by atoms with Gasteiger partial charge in [-0.25, -0.2) is 9.78 Å². The van der Waals surface area contributed by atoms with E-state index in [4.69, 9.17) is 9.47 Å². The molecule has 0 saturated carbocycles. The first-order valence-corrected chi connectivity index (χ1v) is 7.28. The molecule has 1 heterocycles. The Labute approximate surface area is 130 Å². The molecule has 0 spiro atoms. The summed E-state index contributed by atoms with van der Waals surface area (Å²) in [6, 6.07) is 0. The maximum atomic E-state index is 11.7. The average Bonchev–Trinajstić information content (AvgIpc) is 2.85. The zero-order chi connectivity index (χ0) is 16.8. The lowest BCUT2D eigenvalue weighted by molar-refractivity contribution is -0.148. The van der Waals surface area contributed by atoms with E-state index < -0.39 is 23.8 Å². The summed E-state index contributed by atoms with van der Waals surface area (Å²) in [4.78, 5) is 27.3. The van der Waals surface area contributed by atoms with Gasteiger partial charge in [-0.3, -0.25) is 9.89 Å². The highest BCUT2D eigenvalue weighted by Crippen LogP contribution is 2.12. The molecule has 0 radical (unpaired) electrons. The van der Waals surface area contributed by atoms with Crippen molar-refractivity contribution in [3.63, 3.8) is 0 Å². The molecule has 1 atom stereocenters. The van der Waals surface area contributed by atoms with Gasteiger partial charge in [-0.2, -0.15) is 5.10 Å². The van der Waals surface area contributed by atoms with Crippen molar-refractivity contribution in [3.8, 4) is 0 Å². The third-order valence-corrected chi connectivity index (χ3v) is 2.55. The summed E-state index contributed by atoms with van der Waals surface area (Å²) in [6.45, 7) is 9.09. The van der Waals surface area contributed by atoms with E-state index in [1.807, 2.05) is 6.92 Å². The number of aromatic nitrogens is 3. The minimum atomic E-state index is -0.568. The van der Waals surface area contributed by atoms with E-state index in [0.717, 1.165) is 12.2 Å². The number of nitrogens with zero attached hydrogens (tertiary/aromatic N) is 2. The Bertz CT molecular complexity index is 507. The molecular weight excluding hydrogens is 288 g/mol. The number of aromatic amines is 1. The average molecular weight is 312 g/mol. The van der Waals surface area contributed by atoms with Crippen LogP contribution in [-0.2, 0) is 20.7 Å². The first-order chi connectivity index (χ1) is 10.2. The van der Waals surface area contributed by atoms with Crippen molar-refractivity contribution in [2.75, 3.05) is 6.54 Å². The van der Waals surface area contributed by atoms with Gasteiger partial charge in [0.2, 0.25) is 0 Å². The van der Waals surface area contributed by atoms with Crippen molar-refractivity contribution in [2.24, 2.45) is 0 Å². The standard InChI is InChI=1S/C14H24N4O4/c1-6-10-16-12(18-17-10)9(2)21-11(19)7-8-15-13(20)22-14(3,4)5/h9H,6-8H2,1-5H3,(H,15,20)(H,16,17,18). The molecule has 124 valence electrons. The predicted molar refractivity (Wildman–Crippen MR) is 79.1 cm³/mol. The van der Waals surface area contributed by atoms with Gasteiger partial charge in [0, 0.05) is 13.0 Å². The Morgan fingerprint density at radius 1 is 1.36 bits per heavy atom. The highest BCUT2D eigenvalue weighted by Gasteiger charge is 2.18. The van der Waals surface area contributed by atoms with Gasteiger partial charge in [0.25, 0.3) is 0 Å². The Kier molecular flexibility index (Phi) is 6.33. The fraction of sp³-hybridized carbons (Fsp3) is 0.714. The summed E-state index contributed by atoms with van der Waals surface area (Å²) < 4.78 is 10.3. The molecule has 1 aromatic rings. The van der Waals surface area contributed by atoms with Crippen molar-refractivity contribution in [1.29, 1.82) is 0 Å². The van der Waals surface area contributed by atoms with Crippen molar-refractivity contribution in [2.45, 2.75) is 59.2 Å². The summed E-state index contributed by atoms with van der Waals surface area (Å²) in [7, 11) is 0. The van der Waals surface area contributed by atoms with Gasteiger partial charge in [0.15, 0.2) is 11.9 Å². The minimum absolute atomic E-state index is 0.0502. The SMILES string of the molecule is CCc1nc(C(C)OC(=O)CCNC(=O)OC(C)(C)C)n[nH]1. The molecule has 0 aliphatic carbocycles. The lowest BCUT2D eigenvalue weighted by Crippen LogP contribution is -2.33. The Hall–Kier alpha value is -2.12. The molecule has 22 heavy (non-hydrogen) atoms. The van der Waals surface area contributed by atoms with E-state index in [1.54, 1.807) is 27.7 Å². The fourth-order valence-corrected chi connectivity index (χ4v) is 1.54. The van der Waals surface area contributed by atoms with E-state index in [-0.39, 0.29) is 13.0 Å². The highest BCUT2D eigenvalue weighted by atomic mass is 16.6. The van der Waals surface area contributed by atoms with E-state index in [1.165, 1.54) is 0 Å². The van der Waals surface area contributed by atoms with Crippen molar-refractivity contribution >= 4 is 12.1 Å². The second-order valence-corrected chi connectivity index (χ2v) is 5.80. The summed E-state index contributed by atoms with van der Waals surface area (Å²) in [5.74, 6) is 0.737. The number of nitrogens with one attached hydrogen (secondary N) is 2. The zero-order valence-corrected chi connectivity index (χ0v) is 13.7. The third kappa shape index (κ3) is 6.55. The van der Waals surface area contributed by atoms with E-state index in [9.17, 15) is 9.59 Å².